The number of nitrogens with one attached hydrogen (secondary N) is 1. The van der Waals surface area contributed by atoms with Crippen LogP contribution in [0.3, 0.4) is 0 Å². The molecule has 0 radical (unpaired) electrons. The van der Waals surface area contributed by atoms with Crippen LogP contribution >= 0.6 is 11.6 Å². The third kappa shape index (κ3) is 3.90. The van der Waals surface area contributed by atoms with Gasteiger partial charge in [-0.15, -0.1) is 0 Å². The Hall–Kier alpha value is -2.21. The van der Waals surface area contributed by atoms with E-state index in [1.54, 1.807) is 29.8 Å². The van der Waals surface area contributed by atoms with Crippen molar-refractivity contribution in [2.75, 3.05) is 18.5 Å². The summed E-state index contributed by atoms with van der Waals surface area (Å²) in [5.74, 6) is 1.05. The monoisotopic (exact) mass is 363 g/mol. The van der Waals surface area contributed by atoms with Crippen molar-refractivity contribution in [2.45, 2.75) is 39.7 Å². The zero-order valence-electron chi connectivity index (χ0n) is 14.5. The SMILES string of the molecule is CCCCn1nc(C)c(C(=O)Nc2ccc3c(c2)OCCCO3)c1Cl. The lowest BCUT2D eigenvalue weighted by Crippen LogP contribution is -2.13. The van der Waals surface area contributed by atoms with Gasteiger partial charge in [-0.1, -0.05) is 24.9 Å². The van der Waals surface area contributed by atoms with Crippen molar-refractivity contribution in [3.05, 3.63) is 34.6 Å². The number of hydrogen-bond donors (Lipinski definition) is 1. The molecule has 0 aliphatic carbocycles. The average Bonchev–Trinajstić information content (AvgIpc) is 2.76. The molecule has 25 heavy (non-hydrogen) atoms. The Morgan fingerprint density at radius 3 is 2.84 bits per heavy atom. The van der Waals surface area contributed by atoms with E-state index in [-0.39, 0.29) is 5.91 Å². The van der Waals surface area contributed by atoms with Crippen molar-refractivity contribution < 1.29 is 14.3 Å². The van der Waals surface area contributed by atoms with E-state index >= 15 is 0 Å². The number of anilines is 1. The number of carbonyl (C=O) groups is 1. The molecule has 134 valence electrons. The summed E-state index contributed by atoms with van der Waals surface area (Å²) in [5.41, 5.74) is 1.66. The smallest absolute Gasteiger partial charge is 0.260 e. The molecule has 1 aliphatic heterocycles. The standard InChI is InChI=1S/C18H22ClN3O3/c1-3-4-8-22-17(19)16(12(2)21-22)18(23)20-13-6-7-14-15(11-13)25-10-5-9-24-14/h6-7,11H,3-5,8-10H2,1-2H3,(H,20,23). The number of rotatable bonds is 5. The van der Waals surface area contributed by atoms with Gasteiger partial charge in [-0.3, -0.25) is 9.48 Å². The fourth-order valence-electron chi connectivity index (χ4n) is 2.70. The fraction of sp³-hybridized carbons (Fsp3) is 0.444. The predicted octanol–water partition coefficient (Wildman–Crippen LogP) is 4.06. The Morgan fingerprint density at radius 2 is 2.08 bits per heavy atom. The number of nitrogens with zero attached hydrogens (tertiary/aromatic N) is 2. The zero-order valence-corrected chi connectivity index (χ0v) is 15.2. The number of halogens is 1. The molecule has 6 nitrogen and oxygen atoms in total. The summed E-state index contributed by atoms with van der Waals surface area (Å²) in [4.78, 5) is 12.7. The van der Waals surface area contributed by atoms with Crippen LogP contribution < -0.4 is 14.8 Å². The second kappa shape index (κ2) is 7.78. The van der Waals surface area contributed by atoms with Crippen molar-refractivity contribution in [3.63, 3.8) is 0 Å². The van der Waals surface area contributed by atoms with E-state index in [1.807, 2.05) is 0 Å². The van der Waals surface area contributed by atoms with Crippen LogP contribution in [0.25, 0.3) is 0 Å². The molecule has 1 aromatic heterocycles. The molecular formula is C18H22ClN3O3. The van der Waals surface area contributed by atoms with Crippen LogP contribution in [0.15, 0.2) is 18.2 Å². The van der Waals surface area contributed by atoms with Gasteiger partial charge >= 0.3 is 0 Å². The number of fused-ring (bicyclic) bond motifs is 1. The number of unbranched alkanes of at least 4 members (excludes halogenated alkanes) is 1. The highest BCUT2D eigenvalue weighted by atomic mass is 35.5. The zero-order chi connectivity index (χ0) is 17.8. The van der Waals surface area contributed by atoms with E-state index in [4.69, 9.17) is 21.1 Å². The van der Waals surface area contributed by atoms with Crippen LogP contribution in [0.5, 0.6) is 11.5 Å². The average molecular weight is 364 g/mol. The van der Waals surface area contributed by atoms with E-state index in [9.17, 15) is 4.79 Å². The van der Waals surface area contributed by atoms with E-state index in [2.05, 4.69) is 17.3 Å². The van der Waals surface area contributed by atoms with Crippen LogP contribution in [0.2, 0.25) is 5.15 Å². The summed E-state index contributed by atoms with van der Waals surface area (Å²) in [6.45, 7) is 5.82. The number of carbonyl (C=O) groups excluding carboxylic acids is 1. The van der Waals surface area contributed by atoms with Crippen molar-refractivity contribution in [1.82, 2.24) is 9.78 Å². The summed E-state index contributed by atoms with van der Waals surface area (Å²) in [5, 5.41) is 7.61. The van der Waals surface area contributed by atoms with Crippen molar-refractivity contribution in [3.8, 4) is 11.5 Å². The lowest BCUT2D eigenvalue weighted by Gasteiger charge is -2.10. The second-order valence-corrected chi connectivity index (χ2v) is 6.35. The first-order valence-corrected chi connectivity index (χ1v) is 8.92. The minimum Gasteiger partial charge on any atom is -0.490 e. The first-order chi connectivity index (χ1) is 12.1. The van der Waals surface area contributed by atoms with Gasteiger partial charge in [0, 0.05) is 24.7 Å². The fourth-order valence-corrected chi connectivity index (χ4v) is 3.05. The Labute approximate surface area is 152 Å². The minimum atomic E-state index is -0.278. The maximum absolute atomic E-state index is 12.7. The molecule has 0 saturated carbocycles. The summed E-state index contributed by atoms with van der Waals surface area (Å²) < 4.78 is 12.9. The van der Waals surface area contributed by atoms with Crippen LogP contribution in [-0.2, 0) is 6.54 Å². The molecule has 2 aromatic rings. The van der Waals surface area contributed by atoms with E-state index in [0.717, 1.165) is 19.3 Å². The molecule has 7 heteroatoms. The highest BCUT2D eigenvalue weighted by molar-refractivity contribution is 6.33. The molecule has 0 unspecified atom stereocenters. The lowest BCUT2D eigenvalue weighted by atomic mass is 10.2. The minimum absolute atomic E-state index is 0.278. The van der Waals surface area contributed by atoms with Crippen LogP contribution in [0.1, 0.15) is 42.2 Å². The molecule has 0 spiro atoms. The van der Waals surface area contributed by atoms with Gasteiger partial charge in [0.2, 0.25) is 0 Å². The molecule has 0 bridgehead atoms. The van der Waals surface area contributed by atoms with Gasteiger partial charge in [-0.2, -0.15) is 5.10 Å². The Bertz CT molecular complexity index is 773. The topological polar surface area (TPSA) is 65.4 Å². The van der Waals surface area contributed by atoms with Crippen molar-refractivity contribution in [1.29, 1.82) is 0 Å². The summed E-state index contributed by atoms with van der Waals surface area (Å²) in [6, 6.07) is 5.36. The molecule has 0 fully saturated rings. The maximum atomic E-state index is 12.7. The van der Waals surface area contributed by atoms with Gasteiger partial charge < -0.3 is 14.8 Å². The molecule has 1 aliphatic rings. The number of amides is 1. The van der Waals surface area contributed by atoms with E-state index in [1.165, 1.54) is 0 Å². The normalized spacial score (nSPS) is 13.4. The van der Waals surface area contributed by atoms with Crippen LogP contribution in [-0.4, -0.2) is 28.9 Å². The maximum Gasteiger partial charge on any atom is 0.260 e. The third-order valence-corrected chi connectivity index (χ3v) is 4.41. The van der Waals surface area contributed by atoms with Crippen molar-refractivity contribution in [2.24, 2.45) is 0 Å². The Kier molecular flexibility index (Phi) is 5.48. The first kappa shape index (κ1) is 17.6. The van der Waals surface area contributed by atoms with E-state index < -0.39 is 0 Å². The molecule has 1 N–H and O–H groups in total. The summed E-state index contributed by atoms with van der Waals surface area (Å²) in [7, 11) is 0. The van der Waals surface area contributed by atoms with Gasteiger partial charge in [0.1, 0.15) is 5.15 Å². The van der Waals surface area contributed by atoms with Gasteiger partial charge in [0.15, 0.2) is 11.5 Å². The van der Waals surface area contributed by atoms with Crippen LogP contribution in [0.4, 0.5) is 5.69 Å². The Morgan fingerprint density at radius 1 is 1.32 bits per heavy atom. The molecular weight excluding hydrogens is 342 g/mol. The molecule has 0 saturated heterocycles. The molecule has 1 aromatic carbocycles. The quantitative estimate of drug-likeness (QED) is 0.870. The lowest BCUT2D eigenvalue weighted by molar-refractivity contribution is 0.102. The highest BCUT2D eigenvalue weighted by Gasteiger charge is 2.21. The molecule has 3 rings (SSSR count). The first-order valence-electron chi connectivity index (χ1n) is 8.54. The van der Waals surface area contributed by atoms with E-state index in [0.29, 0.717) is 53.4 Å². The molecule has 0 atom stereocenters. The van der Waals surface area contributed by atoms with Gasteiger partial charge in [-0.05, 0) is 25.5 Å². The van der Waals surface area contributed by atoms with Gasteiger partial charge in [0.25, 0.3) is 5.91 Å². The second-order valence-electron chi connectivity index (χ2n) is 5.99. The number of ether oxygens (including phenoxy) is 2. The number of aromatic nitrogens is 2. The number of aryl methyl sites for hydroxylation is 2. The highest BCUT2D eigenvalue weighted by Crippen LogP contribution is 2.32. The largest absolute Gasteiger partial charge is 0.490 e. The van der Waals surface area contributed by atoms with Gasteiger partial charge in [0.05, 0.1) is 24.5 Å². The van der Waals surface area contributed by atoms with Crippen LogP contribution in [0, 0.1) is 6.92 Å². The molecule has 2 heterocycles. The summed E-state index contributed by atoms with van der Waals surface area (Å²) >= 11 is 6.36. The van der Waals surface area contributed by atoms with Crippen molar-refractivity contribution >= 4 is 23.2 Å². The Balaban J connectivity index is 1.78. The summed E-state index contributed by atoms with van der Waals surface area (Å²) in [6.07, 6.45) is 2.83. The number of benzene rings is 1. The van der Waals surface area contributed by atoms with Gasteiger partial charge in [-0.25, -0.2) is 0 Å². The predicted molar refractivity (Wildman–Crippen MR) is 96.9 cm³/mol. The molecule has 1 amide bonds. The number of hydrogen-bond acceptors (Lipinski definition) is 4. The third-order valence-electron chi connectivity index (χ3n) is 4.02.